The average Bonchev–Trinajstić information content (AvgIpc) is 2.64. The lowest BCUT2D eigenvalue weighted by molar-refractivity contribution is -0.127. The Morgan fingerprint density at radius 2 is 2.47 bits per heavy atom. The predicted molar refractivity (Wildman–Crippen MR) is 59.6 cm³/mol. The lowest BCUT2D eigenvalue weighted by atomic mass is 10.1. The van der Waals surface area contributed by atoms with Crippen molar-refractivity contribution in [2.45, 2.75) is 11.6 Å². The molecule has 0 aromatic rings. The van der Waals surface area contributed by atoms with Crippen molar-refractivity contribution in [2.24, 2.45) is 0 Å². The molecule has 84 valence electrons. The van der Waals surface area contributed by atoms with Gasteiger partial charge in [0.1, 0.15) is 14.5 Å². The van der Waals surface area contributed by atoms with Gasteiger partial charge in [0.15, 0.2) is 0 Å². The average molecular weight is 231 g/mol. The number of ether oxygens (including phenoxy) is 1. The number of nitrogens with zero attached hydrogens (tertiary/aromatic N) is 1. The normalized spacial score (nSPS) is 17.7. The highest BCUT2D eigenvalue weighted by Crippen LogP contribution is 2.11. The Balaban J connectivity index is 2.21. The van der Waals surface area contributed by atoms with Crippen molar-refractivity contribution in [3.63, 3.8) is 0 Å². The highest BCUT2D eigenvalue weighted by atomic mass is 32.2. The van der Waals surface area contributed by atoms with Gasteiger partial charge in [0.2, 0.25) is 5.91 Å². The minimum Gasteiger partial charge on any atom is -0.447 e. The van der Waals surface area contributed by atoms with Crippen LogP contribution in [0.1, 0.15) is 6.42 Å². The van der Waals surface area contributed by atoms with Crippen molar-refractivity contribution in [2.75, 3.05) is 25.5 Å². The Labute approximate surface area is 93.6 Å². The molecule has 1 N–H and O–H groups in total. The van der Waals surface area contributed by atoms with Crippen LogP contribution in [0.3, 0.4) is 0 Å². The van der Waals surface area contributed by atoms with Gasteiger partial charge in [-0.3, -0.25) is 4.79 Å². The molecule has 0 bridgehead atoms. The molecule has 1 aliphatic rings. The fourth-order valence-electron chi connectivity index (χ4n) is 1.16. The van der Waals surface area contributed by atoms with Crippen LogP contribution < -0.4 is 0 Å². The molecule has 1 atom stereocenters. The Morgan fingerprint density at radius 1 is 1.73 bits per heavy atom. The Kier molecular flexibility index (Phi) is 4.97. The summed E-state index contributed by atoms with van der Waals surface area (Å²) in [7, 11) is 1.89. The number of carbonyl (C=O) groups is 2. The number of hydrogen-bond acceptors (Lipinski definition) is 5. The molecule has 0 saturated carbocycles. The van der Waals surface area contributed by atoms with Crippen LogP contribution >= 0.6 is 11.8 Å². The first kappa shape index (κ1) is 12.4. The number of imide groups is 1. The maximum Gasteiger partial charge on any atom is 0.416 e. The van der Waals surface area contributed by atoms with E-state index >= 15 is 0 Å². The first-order valence-corrected chi connectivity index (χ1v) is 5.89. The van der Waals surface area contributed by atoms with Crippen LogP contribution in [0.4, 0.5) is 4.79 Å². The molecule has 1 fully saturated rings. The van der Waals surface area contributed by atoms with Gasteiger partial charge in [0, 0.05) is 18.8 Å². The van der Waals surface area contributed by atoms with Gasteiger partial charge in [-0.2, -0.15) is 11.8 Å². The number of hydrogen-bond donors (Lipinski definition) is 1. The maximum atomic E-state index is 11.5. The summed E-state index contributed by atoms with van der Waals surface area (Å²) < 4.78 is 4.65. The van der Waals surface area contributed by atoms with Crippen molar-refractivity contribution >= 4 is 31.6 Å². The molecule has 5 nitrogen and oxygen atoms in total. The molecule has 1 aliphatic heterocycles. The first-order chi connectivity index (χ1) is 7.15. The van der Waals surface area contributed by atoms with Crippen LogP contribution in [0.2, 0.25) is 0 Å². The number of thioether (sulfide) groups is 1. The van der Waals surface area contributed by atoms with Crippen molar-refractivity contribution in [3.8, 4) is 0 Å². The quantitative estimate of drug-likeness (QED) is 0.617. The van der Waals surface area contributed by atoms with Crippen LogP contribution in [0.25, 0.3) is 0 Å². The van der Waals surface area contributed by atoms with Gasteiger partial charge in [0.25, 0.3) is 0 Å². The fourth-order valence-corrected chi connectivity index (χ4v) is 1.96. The van der Waals surface area contributed by atoms with E-state index in [0.717, 1.165) is 4.90 Å². The van der Waals surface area contributed by atoms with E-state index in [1.165, 1.54) is 11.8 Å². The zero-order valence-corrected chi connectivity index (χ0v) is 9.46. The highest BCUT2D eigenvalue weighted by molar-refractivity contribution is 8.01. The summed E-state index contributed by atoms with van der Waals surface area (Å²) in [6, 6.07) is 0. The van der Waals surface area contributed by atoms with Crippen LogP contribution in [-0.2, 0) is 9.53 Å². The molecule has 2 amide bonds. The summed E-state index contributed by atoms with van der Waals surface area (Å²) in [5.74, 6) is 0.416. The zero-order chi connectivity index (χ0) is 11.3. The molecule has 0 aromatic heterocycles. The molecule has 1 saturated heterocycles. The number of cyclic esters (lactones) is 1. The van der Waals surface area contributed by atoms with Gasteiger partial charge in [-0.15, -0.1) is 0 Å². The van der Waals surface area contributed by atoms with Gasteiger partial charge in [-0.1, -0.05) is 0 Å². The molecule has 0 aliphatic carbocycles. The molecule has 15 heavy (non-hydrogen) atoms. The lowest BCUT2D eigenvalue weighted by Crippen LogP contribution is -2.31. The van der Waals surface area contributed by atoms with Gasteiger partial charge >= 0.3 is 6.09 Å². The van der Waals surface area contributed by atoms with Crippen LogP contribution in [0, 0.1) is 0 Å². The monoisotopic (exact) mass is 231 g/mol. The zero-order valence-electron chi connectivity index (χ0n) is 8.64. The van der Waals surface area contributed by atoms with Crippen LogP contribution in [0.15, 0.2) is 0 Å². The topological polar surface area (TPSA) is 66.8 Å². The molecular weight excluding hydrogens is 217 g/mol. The van der Waals surface area contributed by atoms with E-state index in [1.54, 1.807) is 0 Å². The number of aliphatic hydroxyl groups excluding tert-OH is 1. The Morgan fingerprint density at radius 3 is 3.00 bits per heavy atom. The van der Waals surface area contributed by atoms with Crippen LogP contribution in [-0.4, -0.2) is 60.5 Å². The molecular formula is C8H14BNO4S. The standard InChI is InChI=1S/C8H14BNO4S/c9-6(5-11)15-4-1-7(12)10-2-3-14-8(10)13/h6,11H,1-5,9H2. The van der Waals surface area contributed by atoms with E-state index in [4.69, 9.17) is 5.11 Å². The molecule has 1 heterocycles. The van der Waals surface area contributed by atoms with Crippen molar-refractivity contribution in [1.82, 2.24) is 4.90 Å². The number of carbonyl (C=O) groups excluding carboxylic acids is 2. The fraction of sp³-hybridized carbons (Fsp3) is 0.750. The third kappa shape index (κ3) is 3.75. The molecule has 0 spiro atoms. The third-order valence-corrected chi connectivity index (χ3v) is 3.20. The second-order valence-corrected chi connectivity index (χ2v) is 4.82. The second kappa shape index (κ2) is 6.02. The molecule has 1 unspecified atom stereocenters. The minimum absolute atomic E-state index is 0.102. The van der Waals surface area contributed by atoms with Crippen LogP contribution in [0.5, 0.6) is 0 Å². The number of rotatable bonds is 5. The predicted octanol–water partition coefficient (Wildman–Crippen LogP) is -0.960. The maximum absolute atomic E-state index is 11.5. The van der Waals surface area contributed by atoms with Crippen molar-refractivity contribution < 1.29 is 19.4 Å². The highest BCUT2D eigenvalue weighted by Gasteiger charge is 2.27. The van der Waals surface area contributed by atoms with Gasteiger partial charge < -0.3 is 9.84 Å². The Bertz CT molecular complexity index is 251. The van der Waals surface area contributed by atoms with Gasteiger partial charge in [-0.05, 0) is 5.15 Å². The van der Waals surface area contributed by atoms with E-state index in [2.05, 4.69) is 4.74 Å². The third-order valence-electron chi connectivity index (χ3n) is 2.04. The molecule has 0 radical (unpaired) electrons. The van der Waals surface area contributed by atoms with Crippen molar-refractivity contribution in [1.29, 1.82) is 0 Å². The summed E-state index contributed by atoms with van der Waals surface area (Å²) in [5, 5.41) is 8.89. The molecule has 1 rings (SSSR count). The van der Waals surface area contributed by atoms with Gasteiger partial charge in [-0.25, -0.2) is 9.69 Å². The minimum atomic E-state index is -0.541. The largest absolute Gasteiger partial charge is 0.447 e. The summed E-state index contributed by atoms with van der Waals surface area (Å²) in [4.78, 5) is 23.6. The van der Waals surface area contributed by atoms with E-state index < -0.39 is 6.09 Å². The van der Waals surface area contributed by atoms with E-state index in [0.29, 0.717) is 25.3 Å². The van der Waals surface area contributed by atoms with E-state index in [9.17, 15) is 9.59 Å². The SMILES string of the molecule is BC(CO)SCCC(=O)N1CCOC1=O. The summed E-state index contributed by atoms with van der Waals surface area (Å²) >= 11 is 1.52. The summed E-state index contributed by atoms with van der Waals surface area (Å²) in [6.45, 7) is 0.757. The van der Waals surface area contributed by atoms with E-state index in [-0.39, 0.29) is 17.7 Å². The number of aliphatic hydroxyl groups is 1. The van der Waals surface area contributed by atoms with E-state index in [1.807, 2.05) is 7.85 Å². The smallest absolute Gasteiger partial charge is 0.416 e. The second-order valence-electron chi connectivity index (χ2n) is 3.27. The molecule has 0 aromatic carbocycles. The first-order valence-electron chi connectivity index (χ1n) is 4.84. The van der Waals surface area contributed by atoms with Gasteiger partial charge in [0.05, 0.1) is 6.54 Å². The number of amides is 2. The molecule has 7 heteroatoms. The summed E-state index contributed by atoms with van der Waals surface area (Å²) in [6.07, 6.45) is -0.232. The Hall–Kier alpha value is -0.685. The van der Waals surface area contributed by atoms with Crippen molar-refractivity contribution in [3.05, 3.63) is 0 Å². The summed E-state index contributed by atoms with van der Waals surface area (Å²) in [5.41, 5.74) is 0. The lowest BCUT2D eigenvalue weighted by Gasteiger charge is -2.11.